The molecule has 0 aliphatic carbocycles. The van der Waals surface area contributed by atoms with Gasteiger partial charge in [-0.05, 0) is 120 Å². The molecule has 6 heterocycles. The lowest BCUT2D eigenvalue weighted by atomic mass is 10.1. The fourth-order valence-corrected chi connectivity index (χ4v) is 8.64. The number of fused-ring (bicyclic) bond motifs is 4. The second-order valence-corrected chi connectivity index (χ2v) is 22.8. The van der Waals surface area contributed by atoms with Crippen molar-refractivity contribution in [2.45, 2.75) is 26.9 Å². The van der Waals surface area contributed by atoms with Crippen LogP contribution in [0.3, 0.4) is 0 Å². The van der Waals surface area contributed by atoms with Crippen LogP contribution in [0.25, 0.3) is 44.4 Å². The van der Waals surface area contributed by atoms with Gasteiger partial charge in [0.1, 0.15) is 18.9 Å². The third kappa shape index (κ3) is 12.1. The van der Waals surface area contributed by atoms with E-state index in [2.05, 4.69) is 73.6 Å². The van der Waals surface area contributed by atoms with Crippen molar-refractivity contribution in [1.29, 1.82) is 0 Å². The first-order valence-electron chi connectivity index (χ1n) is 19.7. The molecule has 0 unspecified atom stereocenters. The van der Waals surface area contributed by atoms with Gasteiger partial charge < -0.3 is 14.9 Å². The molecule has 332 valence electrons. The monoisotopic (exact) mass is 989 g/mol. The van der Waals surface area contributed by atoms with Crippen molar-refractivity contribution in [2.75, 3.05) is 32.4 Å². The van der Waals surface area contributed by atoms with Crippen LogP contribution in [-0.4, -0.2) is 86.6 Å². The Kier molecular flexibility index (Phi) is 15.3. The third-order valence-electron chi connectivity index (χ3n) is 9.93. The minimum absolute atomic E-state index is 0. The van der Waals surface area contributed by atoms with Crippen LogP contribution in [0, 0.1) is 0 Å². The second kappa shape index (κ2) is 20.7. The molecule has 65 heavy (non-hydrogen) atoms. The molecule has 15 nitrogen and oxygen atoms in total. The molecular formula is C46H47BrClN13O2P2. The average Bonchev–Trinajstić information content (AvgIpc) is 3.86. The lowest BCUT2D eigenvalue weighted by Crippen LogP contribution is -2.05. The van der Waals surface area contributed by atoms with Crippen molar-refractivity contribution in [3.8, 4) is 0 Å². The molecule has 0 saturated carbocycles. The van der Waals surface area contributed by atoms with E-state index in [0.29, 0.717) is 52.4 Å². The highest BCUT2D eigenvalue weighted by atomic mass is 79.9. The zero-order valence-corrected chi connectivity index (χ0v) is 39.5. The summed E-state index contributed by atoms with van der Waals surface area (Å²) in [6, 6.07) is 35.3. The van der Waals surface area contributed by atoms with Gasteiger partial charge in [-0.3, -0.25) is 9.97 Å². The number of nitrogen functional groups attached to an aromatic ring is 1. The number of anilines is 1. The van der Waals surface area contributed by atoms with E-state index in [9.17, 15) is 9.13 Å². The molecule has 6 aromatic heterocycles. The van der Waals surface area contributed by atoms with Gasteiger partial charge in [0.2, 0.25) is 11.3 Å². The summed E-state index contributed by atoms with van der Waals surface area (Å²) in [4.78, 5) is 26.4. The van der Waals surface area contributed by atoms with Gasteiger partial charge in [-0.15, -0.1) is 22.6 Å². The Bertz CT molecular complexity index is 3320. The molecule has 10 aromatic rings. The maximum absolute atomic E-state index is 12.2. The van der Waals surface area contributed by atoms with Gasteiger partial charge in [-0.25, -0.2) is 29.3 Å². The number of benzene rings is 4. The lowest BCUT2D eigenvalue weighted by molar-refractivity contribution is 0.587. The Morgan fingerprint density at radius 3 is 1.55 bits per heavy atom. The Hall–Kier alpha value is -6.31. The summed E-state index contributed by atoms with van der Waals surface area (Å²) in [7, 11) is -4.35. The number of nitrogens with two attached hydrogens (primary N) is 1. The van der Waals surface area contributed by atoms with Gasteiger partial charge in [0.25, 0.3) is 0 Å². The maximum Gasteiger partial charge on any atom is 0.221 e. The predicted octanol–water partition coefficient (Wildman–Crippen LogP) is 8.81. The second-order valence-electron chi connectivity index (χ2n) is 15.5. The molecule has 0 bridgehead atoms. The maximum atomic E-state index is 12.2. The van der Waals surface area contributed by atoms with Crippen molar-refractivity contribution in [3.63, 3.8) is 0 Å². The summed E-state index contributed by atoms with van der Waals surface area (Å²) in [5.74, 6) is 0. The normalized spacial score (nSPS) is 11.3. The molecule has 0 amide bonds. The highest BCUT2D eigenvalue weighted by molar-refractivity contribution is 9.10. The summed E-state index contributed by atoms with van der Waals surface area (Å²) < 4.78 is 27.9. The first-order chi connectivity index (χ1) is 30.2. The SMILES string of the molecule is Brc1cnc2nnn(Cc3ccc4ncccc4c3)c2n1.C.CP(C)(=O)c1ccc(Cc2cnc3nnn(Cc4ccc5ncccc5c4)c3n2)cc1.CP(C)(=O)c1ccc(N)cc1.Cl. The molecule has 0 aliphatic rings. The number of rotatable bonds is 8. The average molecular weight is 991 g/mol. The van der Waals surface area contributed by atoms with Gasteiger partial charge in [0.15, 0.2) is 11.3 Å². The van der Waals surface area contributed by atoms with Crippen molar-refractivity contribution < 1.29 is 9.13 Å². The van der Waals surface area contributed by atoms with E-state index in [4.69, 9.17) is 10.7 Å². The number of hydrogen-bond acceptors (Lipinski definition) is 13. The van der Waals surface area contributed by atoms with Gasteiger partial charge >= 0.3 is 0 Å². The first kappa shape index (κ1) is 48.2. The molecule has 4 aromatic carbocycles. The summed E-state index contributed by atoms with van der Waals surface area (Å²) >= 11 is 3.32. The summed E-state index contributed by atoms with van der Waals surface area (Å²) in [6.07, 6.45) is 7.57. The van der Waals surface area contributed by atoms with Crippen molar-refractivity contribution in [3.05, 3.63) is 161 Å². The van der Waals surface area contributed by atoms with Crippen molar-refractivity contribution in [1.82, 2.24) is 59.9 Å². The highest BCUT2D eigenvalue weighted by Crippen LogP contribution is 2.35. The zero-order valence-electron chi connectivity index (χ0n) is 35.3. The van der Waals surface area contributed by atoms with Crippen LogP contribution in [0.5, 0.6) is 0 Å². The Morgan fingerprint density at radius 2 is 1.05 bits per heavy atom. The van der Waals surface area contributed by atoms with E-state index in [0.717, 1.165) is 54.8 Å². The Labute approximate surface area is 390 Å². The molecule has 10 rings (SSSR count). The molecule has 0 atom stereocenters. The number of halogens is 2. The number of aromatic nitrogens is 12. The van der Waals surface area contributed by atoms with Crippen molar-refractivity contribution >= 4 is 103 Å². The first-order valence-corrected chi connectivity index (χ1v) is 25.7. The summed E-state index contributed by atoms with van der Waals surface area (Å²) in [5, 5.41) is 20.5. The van der Waals surface area contributed by atoms with Crippen LogP contribution < -0.4 is 16.3 Å². The molecule has 0 spiro atoms. The molecule has 0 saturated heterocycles. The van der Waals surface area contributed by atoms with E-state index >= 15 is 0 Å². The smallest absolute Gasteiger partial charge is 0.221 e. The molecule has 0 radical (unpaired) electrons. The van der Waals surface area contributed by atoms with Crippen LogP contribution in [0.4, 0.5) is 5.69 Å². The Balaban J connectivity index is 0.000000178. The molecule has 2 N–H and O–H groups in total. The minimum Gasteiger partial charge on any atom is -0.399 e. The molecule has 0 aliphatic heterocycles. The number of nitrogens with zero attached hydrogens (tertiary/aromatic N) is 12. The number of hydrogen-bond donors (Lipinski definition) is 1. The van der Waals surface area contributed by atoms with E-state index < -0.39 is 14.3 Å². The molecule has 0 fully saturated rings. The largest absolute Gasteiger partial charge is 0.399 e. The molecular weight excluding hydrogens is 944 g/mol. The molecule has 19 heteroatoms. The van der Waals surface area contributed by atoms with Crippen LogP contribution in [0.15, 0.2) is 139 Å². The van der Waals surface area contributed by atoms with Gasteiger partial charge in [-0.1, -0.05) is 66.4 Å². The summed E-state index contributed by atoms with van der Waals surface area (Å²) in [6.45, 7) is 8.20. The van der Waals surface area contributed by atoms with E-state index in [-0.39, 0.29) is 19.8 Å². The van der Waals surface area contributed by atoms with E-state index in [1.807, 2.05) is 84.9 Å². The Morgan fingerprint density at radius 1 is 0.585 bits per heavy atom. The van der Waals surface area contributed by atoms with Gasteiger partial charge in [0.05, 0.1) is 42.2 Å². The van der Waals surface area contributed by atoms with Gasteiger partial charge in [0, 0.05) is 45.9 Å². The standard InChI is InChI=1S/C23H21N6OP.C14H9BrN6.C8H12NOP.CH4.ClH/c1-31(2,30)20-8-5-16(6-9-20)13-19-14-25-22-23(26-19)29(28-27-22)15-17-7-10-21-18(12-17)4-3-11-24-21;15-12-7-17-13-14(18-12)21(20-19-13)8-9-3-4-11-10(6-9)2-1-5-16-11;1-11(2,10)8-5-3-7(9)4-6-8;;/h3-12,14H,13,15H2,1-2H3;1-7H,8H2;3-6H,9H2,1-2H3;1H4;1H. The summed E-state index contributed by atoms with van der Waals surface area (Å²) in [5.41, 5.74) is 14.7. The fourth-order valence-electron chi connectivity index (χ4n) is 6.63. The third-order valence-corrected chi connectivity index (χ3v) is 13.4. The van der Waals surface area contributed by atoms with Crippen LogP contribution >= 0.6 is 42.6 Å². The van der Waals surface area contributed by atoms with Crippen molar-refractivity contribution in [2.24, 2.45) is 0 Å². The van der Waals surface area contributed by atoms with Gasteiger partial charge in [-0.2, -0.15) is 0 Å². The lowest BCUT2D eigenvalue weighted by Gasteiger charge is -2.08. The minimum atomic E-state index is -2.25. The number of pyridine rings is 2. The van der Waals surface area contributed by atoms with Crippen LogP contribution in [-0.2, 0) is 28.6 Å². The van der Waals surface area contributed by atoms with E-state index in [1.54, 1.807) is 72.9 Å². The topological polar surface area (TPSA) is 199 Å². The quantitative estimate of drug-likeness (QED) is 0.112. The predicted molar refractivity (Wildman–Crippen MR) is 268 cm³/mol. The zero-order chi connectivity index (χ0) is 44.1. The van der Waals surface area contributed by atoms with Crippen LogP contribution in [0.2, 0.25) is 0 Å². The van der Waals surface area contributed by atoms with Crippen LogP contribution in [0.1, 0.15) is 29.8 Å². The highest BCUT2D eigenvalue weighted by Gasteiger charge is 2.14. The fraction of sp³-hybridized carbons (Fsp3) is 0.174. The van der Waals surface area contributed by atoms with E-state index in [1.165, 1.54) is 0 Å².